The van der Waals surface area contributed by atoms with Crippen molar-refractivity contribution in [3.05, 3.63) is 33.9 Å². The van der Waals surface area contributed by atoms with E-state index in [1.165, 1.54) is 0 Å². The Morgan fingerprint density at radius 1 is 1.47 bits per heavy atom. The predicted octanol–water partition coefficient (Wildman–Crippen LogP) is 3.22. The minimum Gasteiger partial charge on any atom is -0.449 e. The maximum Gasteiger partial charge on any atom is 0.411 e. The van der Waals surface area contributed by atoms with E-state index in [1.807, 2.05) is 12.2 Å². The van der Waals surface area contributed by atoms with Crippen LogP contribution >= 0.6 is 0 Å². The number of carbonyl (C=O) groups excluding carboxylic acids is 1. The van der Waals surface area contributed by atoms with Gasteiger partial charge < -0.3 is 4.74 Å². The first kappa shape index (κ1) is 14.8. The van der Waals surface area contributed by atoms with Crippen LogP contribution in [0.2, 0.25) is 0 Å². The van der Waals surface area contributed by atoms with E-state index in [2.05, 4.69) is 4.74 Å². The number of ether oxygens (including phenoxy) is 1. The maximum atomic E-state index is 13.6. The van der Waals surface area contributed by atoms with Crippen molar-refractivity contribution in [3.63, 3.8) is 0 Å². The Morgan fingerprint density at radius 3 is 2.74 bits per heavy atom. The van der Waals surface area contributed by atoms with E-state index in [1.54, 1.807) is 0 Å². The largest absolute Gasteiger partial charge is 0.449 e. The third-order valence-electron chi connectivity index (χ3n) is 2.23. The standard InChI is InChI=1S/C11H12F2N2O4/c1-2-3-6-19-11(16)14-10-7(12)4-5-8(9(10)13)15(17)18/h4-5H,2-3,6H2,1H3,(H,14,16). The van der Waals surface area contributed by atoms with E-state index in [0.717, 1.165) is 6.42 Å². The highest BCUT2D eigenvalue weighted by atomic mass is 19.1. The number of rotatable bonds is 5. The molecule has 0 unspecified atom stereocenters. The van der Waals surface area contributed by atoms with Crippen LogP contribution in [0.5, 0.6) is 0 Å². The highest BCUT2D eigenvalue weighted by Gasteiger charge is 2.23. The van der Waals surface area contributed by atoms with Gasteiger partial charge in [0, 0.05) is 6.07 Å². The molecule has 8 heteroatoms. The second-order valence-corrected chi connectivity index (χ2v) is 3.63. The summed E-state index contributed by atoms with van der Waals surface area (Å²) in [5.41, 5.74) is -1.82. The highest BCUT2D eigenvalue weighted by molar-refractivity contribution is 5.85. The van der Waals surface area contributed by atoms with Gasteiger partial charge in [0.1, 0.15) is 11.5 Å². The minimum absolute atomic E-state index is 0.0977. The number of nitro groups is 1. The molecule has 0 aliphatic heterocycles. The van der Waals surface area contributed by atoms with E-state index in [0.29, 0.717) is 18.6 Å². The summed E-state index contributed by atoms with van der Waals surface area (Å²) in [6.45, 7) is 1.97. The van der Waals surface area contributed by atoms with Crippen LogP contribution < -0.4 is 5.32 Å². The average molecular weight is 274 g/mol. The number of anilines is 1. The summed E-state index contributed by atoms with van der Waals surface area (Å²) < 4.78 is 31.5. The summed E-state index contributed by atoms with van der Waals surface area (Å²) in [4.78, 5) is 20.7. The first-order valence-corrected chi connectivity index (χ1v) is 5.53. The summed E-state index contributed by atoms with van der Waals surface area (Å²) >= 11 is 0. The zero-order valence-electron chi connectivity index (χ0n) is 10.1. The molecular formula is C11H12F2N2O4. The van der Waals surface area contributed by atoms with Crippen molar-refractivity contribution in [1.29, 1.82) is 0 Å². The van der Waals surface area contributed by atoms with Gasteiger partial charge in [-0.3, -0.25) is 15.4 Å². The number of halogens is 2. The fourth-order valence-corrected chi connectivity index (χ4v) is 1.24. The Balaban J connectivity index is 2.85. The van der Waals surface area contributed by atoms with Crippen molar-refractivity contribution < 1.29 is 23.2 Å². The lowest BCUT2D eigenvalue weighted by Crippen LogP contribution is -2.16. The van der Waals surface area contributed by atoms with Crippen molar-refractivity contribution in [1.82, 2.24) is 0 Å². The molecule has 6 nitrogen and oxygen atoms in total. The number of amides is 1. The fourth-order valence-electron chi connectivity index (χ4n) is 1.24. The summed E-state index contributed by atoms with van der Waals surface area (Å²) in [7, 11) is 0. The average Bonchev–Trinajstić information content (AvgIpc) is 2.34. The van der Waals surface area contributed by atoms with E-state index in [9.17, 15) is 23.7 Å². The normalized spacial score (nSPS) is 10.1. The van der Waals surface area contributed by atoms with Crippen LogP contribution in [0.1, 0.15) is 19.8 Å². The summed E-state index contributed by atoms with van der Waals surface area (Å²) in [6.07, 6.45) is 0.326. The van der Waals surface area contributed by atoms with Crippen LogP contribution in [-0.4, -0.2) is 17.6 Å². The number of unbranched alkanes of at least 4 members (excludes halogenated alkanes) is 1. The number of hydrogen-bond acceptors (Lipinski definition) is 4. The predicted molar refractivity (Wildman–Crippen MR) is 62.9 cm³/mol. The SMILES string of the molecule is CCCCOC(=O)Nc1c(F)ccc([N+](=O)[O-])c1F. The van der Waals surface area contributed by atoms with Crippen LogP contribution in [0, 0.1) is 21.7 Å². The van der Waals surface area contributed by atoms with Gasteiger partial charge in [0.05, 0.1) is 11.5 Å². The number of nitrogens with one attached hydrogen (secondary N) is 1. The molecule has 104 valence electrons. The van der Waals surface area contributed by atoms with Gasteiger partial charge in [-0.15, -0.1) is 0 Å². The molecule has 1 aromatic rings. The van der Waals surface area contributed by atoms with Gasteiger partial charge in [0.2, 0.25) is 5.82 Å². The molecule has 0 saturated heterocycles. The molecule has 0 aliphatic carbocycles. The van der Waals surface area contributed by atoms with Crippen LogP contribution in [0.4, 0.5) is 25.0 Å². The molecule has 0 heterocycles. The molecule has 19 heavy (non-hydrogen) atoms. The van der Waals surface area contributed by atoms with E-state index < -0.39 is 34.0 Å². The first-order chi connectivity index (χ1) is 8.97. The number of nitro benzene ring substituents is 1. The molecule has 0 aliphatic rings. The maximum absolute atomic E-state index is 13.6. The summed E-state index contributed by atoms with van der Waals surface area (Å²) in [5, 5.41) is 12.3. The Hall–Kier alpha value is -2.25. The third kappa shape index (κ3) is 3.87. The van der Waals surface area contributed by atoms with E-state index >= 15 is 0 Å². The monoisotopic (exact) mass is 274 g/mol. The molecule has 0 bridgehead atoms. The molecule has 0 aromatic heterocycles. The molecule has 1 rings (SSSR count). The van der Waals surface area contributed by atoms with E-state index in [4.69, 9.17) is 0 Å². The highest BCUT2D eigenvalue weighted by Crippen LogP contribution is 2.27. The molecule has 1 amide bonds. The van der Waals surface area contributed by atoms with Gasteiger partial charge in [0.25, 0.3) is 0 Å². The first-order valence-electron chi connectivity index (χ1n) is 5.53. The number of hydrogen-bond donors (Lipinski definition) is 1. The van der Waals surface area contributed by atoms with E-state index in [-0.39, 0.29) is 6.61 Å². The van der Waals surface area contributed by atoms with Gasteiger partial charge in [-0.25, -0.2) is 9.18 Å². The van der Waals surface area contributed by atoms with Crippen LogP contribution in [0.3, 0.4) is 0 Å². The Morgan fingerprint density at radius 2 is 2.16 bits per heavy atom. The quantitative estimate of drug-likeness (QED) is 0.507. The lowest BCUT2D eigenvalue weighted by molar-refractivity contribution is -0.387. The van der Waals surface area contributed by atoms with Gasteiger partial charge in [-0.2, -0.15) is 4.39 Å². The Bertz CT molecular complexity index is 494. The lowest BCUT2D eigenvalue weighted by atomic mass is 10.2. The second kappa shape index (κ2) is 6.62. The van der Waals surface area contributed by atoms with Crippen LogP contribution in [-0.2, 0) is 4.74 Å². The molecule has 0 spiro atoms. The van der Waals surface area contributed by atoms with Crippen molar-refractivity contribution in [3.8, 4) is 0 Å². The lowest BCUT2D eigenvalue weighted by Gasteiger charge is -2.08. The van der Waals surface area contributed by atoms with Gasteiger partial charge in [-0.1, -0.05) is 13.3 Å². The topological polar surface area (TPSA) is 81.5 Å². The van der Waals surface area contributed by atoms with Gasteiger partial charge >= 0.3 is 11.8 Å². The fraction of sp³-hybridized carbons (Fsp3) is 0.364. The van der Waals surface area contributed by atoms with Gasteiger partial charge in [-0.05, 0) is 12.5 Å². The Kier molecular flexibility index (Phi) is 5.16. The molecule has 1 aromatic carbocycles. The summed E-state index contributed by atoms with van der Waals surface area (Å²) in [6, 6.07) is 1.38. The second-order valence-electron chi connectivity index (χ2n) is 3.63. The third-order valence-corrected chi connectivity index (χ3v) is 2.23. The van der Waals surface area contributed by atoms with Crippen molar-refractivity contribution in [2.45, 2.75) is 19.8 Å². The van der Waals surface area contributed by atoms with Crippen molar-refractivity contribution >= 4 is 17.5 Å². The minimum atomic E-state index is -1.45. The molecule has 1 N–H and O–H groups in total. The smallest absolute Gasteiger partial charge is 0.411 e. The van der Waals surface area contributed by atoms with Crippen molar-refractivity contribution in [2.24, 2.45) is 0 Å². The summed E-state index contributed by atoms with van der Waals surface area (Å²) in [5.74, 6) is -2.56. The number of nitrogens with zero attached hydrogens (tertiary/aromatic N) is 1. The number of benzene rings is 1. The molecule has 0 saturated carbocycles. The molecule has 0 radical (unpaired) electrons. The number of carbonyl (C=O) groups is 1. The van der Waals surface area contributed by atoms with Crippen molar-refractivity contribution in [2.75, 3.05) is 11.9 Å². The van der Waals surface area contributed by atoms with Crippen LogP contribution in [0.25, 0.3) is 0 Å². The zero-order chi connectivity index (χ0) is 14.4. The van der Waals surface area contributed by atoms with Crippen LogP contribution in [0.15, 0.2) is 12.1 Å². The molecule has 0 atom stereocenters. The molecular weight excluding hydrogens is 262 g/mol. The molecule has 0 fully saturated rings. The zero-order valence-corrected chi connectivity index (χ0v) is 10.1. The Labute approximate surface area is 107 Å². The van der Waals surface area contributed by atoms with Gasteiger partial charge in [0.15, 0.2) is 0 Å².